The van der Waals surface area contributed by atoms with E-state index in [1.807, 2.05) is 0 Å². The lowest BCUT2D eigenvalue weighted by atomic mass is 9.93. The molecule has 0 heterocycles. The normalized spacial score (nSPS) is 14.7. The van der Waals surface area contributed by atoms with Gasteiger partial charge in [-0.1, -0.05) is 17.7 Å². The zero-order valence-electron chi connectivity index (χ0n) is 13.6. The van der Waals surface area contributed by atoms with E-state index in [-0.39, 0.29) is 0 Å². The van der Waals surface area contributed by atoms with Gasteiger partial charge in [0.25, 0.3) is 0 Å². The third-order valence-corrected chi connectivity index (χ3v) is 3.53. The van der Waals surface area contributed by atoms with Gasteiger partial charge >= 0.3 is 41.7 Å². The molecule has 0 radical (unpaired) electrons. The molecule has 1 rings (SSSR count). The van der Waals surface area contributed by atoms with E-state index >= 15 is 0 Å². The van der Waals surface area contributed by atoms with Crippen LogP contribution in [0.15, 0.2) is 24.3 Å². The monoisotopic (exact) mass is 453 g/mol. The fourth-order valence-electron chi connectivity index (χ4n) is 1.76. The summed E-state index contributed by atoms with van der Waals surface area (Å²) in [5.74, 6) is -41.7. The number of anilines is 1. The van der Waals surface area contributed by atoms with Crippen molar-refractivity contribution in [2.24, 2.45) is 0 Å². The molecule has 1 aromatic rings. The van der Waals surface area contributed by atoms with Crippen LogP contribution in [0.25, 0.3) is 0 Å². The van der Waals surface area contributed by atoms with Crippen molar-refractivity contribution in [1.29, 1.82) is 0 Å². The highest BCUT2D eigenvalue weighted by Gasteiger charge is 2.91. The highest BCUT2D eigenvalue weighted by atomic mass is 19.4. The van der Waals surface area contributed by atoms with E-state index in [9.17, 15) is 61.9 Å². The number of rotatable bonds is 6. The Balaban J connectivity index is 3.37. The number of hydrogen-bond donors (Lipinski definition) is 1. The summed E-state index contributed by atoms with van der Waals surface area (Å²) in [6.07, 6.45) is -7.50. The lowest BCUT2D eigenvalue weighted by Crippen LogP contribution is -2.71. The number of halogens is 13. The molecule has 0 unspecified atom stereocenters. The predicted octanol–water partition coefficient (Wildman–Crippen LogP) is 5.67. The van der Waals surface area contributed by atoms with E-state index in [0.29, 0.717) is 5.56 Å². The van der Waals surface area contributed by atoms with E-state index in [4.69, 9.17) is 0 Å². The Morgan fingerprint density at radius 1 is 0.655 bits per heavy atom. The summed E-state index contributed by atoms with van der Waals surface area (Å²) in [4.78, 5) is 11.3. The second-order valence-electron chi connectivity index (χ2n) is 5.69. The van der Waals surface area contributed by atoms with E-state index < -0.39 is 47.4 Å². The fourth-order valence-corrected chi connectivity index (χ4v) is 1.76. The van der Waals surface area contributed by atoms with Crippen LogP contribution in [-0.2, 0) is 4.79 Å². The summed E-state index contributed by atoms with van der Waals surface area (Å²) < 4.78 is 168. The molecule has 0 saturated heterocycles. The Hall–Kier alpha value is -2.22. The molecular weight excluding hydrogens is 445 g/mol. The molecule has 1 aromatic carbocycles. The van der Waals surface area contributed by atoms with Crippen molar-refractivity contribution in [3.63, 3.8) is 0 Å². The number of hydrogen-bond acceptors (Lipinski definition) is 1. The van der Waals surface area contributed by atoms with Gasteiger partial charge < -0.3 is 5.32 Å². The molecule has 29 heavy (non-hydrogen) atoms. The average molecular weight is 453 g/mol. The Kier molecular flexibility index (Phi) is 5.93. The molecule has 166 valence electrons. The van der Waals surface area contributed by atoms with Crippen LogP contribution in [0.2, 0.25) is 0 Å². The standard InChI is InChI=1S/C14H8F13NO/c1-6-2-4-7(5-3-6)28-8(29)9(15,16)10(17,18)11(19,20)12(21,22)13(23,24)14(25,26)27/h2-5H,1H3,(H,28,29). The first-order valence-corrected chi connectivity index (χ1v) is 6.98. The topological polar surface area (TPSA) is 29.1 Å². The molecule has 1 amide bonds. The second kappa shape index (κ2) is 6.93. The lowest BCUT2D eigenvalue weighted by molar-refractivity contribution is -0.435. The van der Waals surface area contributed by atoms with Gasteiger partial charge in [-0.3, -0.25) is 4.79 Å². The molecule has 0 aliphatic heterocycles. The maximum atomic E-state index is 13.6. The first-order chi connectivity index (χ1) is 12.6. The Labute approximate surface area is 152 Å². The molecule has 0 aromatic heterocycles. The van der Waals surface area contributed by atoms with Crippen molar-refractivity contribution in [2.75, 3.05) is 5.32 Å². The van der Waals surface area contributed by atoms with Crippen LogP contribution in [0.3, 0.4) is 0 Å². The molecule has 0 spiro atoms. The SMILES string of the molecule is Cc1ccc(NC(=O)C(F)(F)C(F)(F)C(F)(F)C(F)(F)C(F)(F)C(F)(F)F)cc1. The zero-order chi connectivity index (χ0) is 23.3. The third kappa shape index (κ3) is 3.70. The minimum Gasteiger partial charge on any atom is -0.321 e. The van der Waals surface area contributed by atoms with Gasteiger partial charge in [-0.25, -0.2) is 0 Å². The predicted molar refractivity (Wildman–Crippen MR) is 70.6 cm³/mol. The summed E-state index contributed by atoms with van der Waals surface area (Å²) in [7, 11) is 0. The van der Waals surface area contributed by atoms with Crippen LogP contribution < -0.4 is 5.32 Å². The zero-order valence-corrected chi connectivity index (χ0v) is 13.6. The maximum Gasteiger partial charge on any atom is 0.460 e. The molecule has 0 bridgehead atoms. The molecular formula is C14H8F13NO. The van der Waals surface area contributed by atoms with Crippen molar-refractivity contribution in [3.8, 4) is 0 Å². The van der Waals surface area contributed by atoms with Gasteiger partial charge in [0.1, 0.15) is 0 Å². The Bertz CT molecular complexity index is 752. The Morgan fingerprint density at radius 3 is 1.41 bits per heavy atom. The molecule has 0 aliphatic carbocycles. The average Bonchev–Trinajstić information content (AvgIpc) is 2.55. The lowest BCUT2D eigenvalue weighted by Gasteiger charge is -2.39. The van der Waals surface area contributed by atoms with E-state index in [2.05, 4.69) is 0 Å². The van der Waals surface area contributed by atoms with Gasteiger partial charge in [0.15, 0.2) is 0 Å². The molecule has 15 heteroatoms. The van der Waals surface area contributed by atoms with E-state index in [0.717, 1.165) is 29.6 Å². The molecule has 2 nitrogen and oxygen atoms in total. The largest absolute Gasteiger partial charge is 0.460 e. The molecule has 0 saturated carbocycles. The van der Waals surface area contributed by atoms with Crippen LogP contribution in [0, 0.1) is 6.92 Å². The first kappa shape index (κ1) is 24.8. The van der Waals surface area contributed by atoms with Gasteiger partial charge in [0.2, 0.25) is 0 Å². The third-order valence-electron chi connectivity index (χ3n) is 3.53. The highest BCUT2D eigenvalue weighted by Crippen LogP contribution is 2.60. The molecule has 0 fully saturated rings. The fraction of sp³-hybridized carbons (Fsp3) is 0.500. The van der Waals surface area contributed by atoms with Gasteiger partial charge in [0, 0.05) is 5.69 Å². The van der Waals surface area contributed by atoms with Gasteiger partial charge in [-0.2, -0.15) is 57.1 Å². The van der Waals surface area contributed by atoms with E-state index in [1.54, 1.807) is 0 Å². The molecule has 0 atom stereocenters. The number of carbonyl (C=O) groups excluding carboxylic acids is 1. The smallest absolute Gasteiger partial charge is 0.321 e. The quantitative estimate of drug-likeness (QED) is 0.553. The summed E-state index contributed by atoms with van der Waals surface area (Å²) in [6, 6.07) is 3.81. The summed E-state index contributed by atoms with van der Waals surface area (Å²) in [5, 5.41) is 0.951. The van der Waals surface area contributed by atoms with Crippen LogP contribution >= 0.6 is 0 Å². The summed E-state index contributed by atoms with van der Waals surface area (Å²) in [5.41, 5.74) is -0.271. The highest BCUT2D eigenvalue weighted by molar-refractivity contribution is 5.97. The van der Waals surface area contributed by atoms with Crippen molar-refractivity contribution >= 4 is 11.6 Å². The number of carbonyl (C=O) groups is 1. The first-order valence-electron chi connectivity index (χ1n) is 6.98. The van der Waals surface area contributed by atoms with Crippen LogP contribution in [0.5, 0.6) is 0 Å². The van der Waals surface area contributed by atoms with Crippen molar-refractivity contribution in [2.45, 2.75) is 42.7 Å². The number of benzene rings is 1. The van der Waals surface area contributed by atoms with Crippen molar-refractivity contribution in [1.82, 2.24) is 0 Å². The number of nitrogens with one attached hydrogen (secondary N) is 1. The van der Waals surface area contributed by atoms with Crippen LogP contribution in [0.4, 0.5) is 62.8 Å². The maximum absolute atomic E-state index is 13.6. The summed E-state index contributed by atoms with van der Waals surface area (Å²) in [6.45, 7) is 1.44. The minimum atomic E-state index is -8.05. The van der Waals surface area contributed by atoms with Crippen molar-refractivity contribution in [3.05, 3.63) is 29.8 Å². The molecule has 0 aliphatic rings. The van der Waals surface area contributed by atoms with Crippen LogP contribution in [0.1, 0.15) is 5.56 Å². The van der Waals surface area contributed by atoms with E-state index in [1.165, 1.54) is 6.92 Å². The molecule has 1 N–H and O–H groups in total. The number of amides is 1. The summed E-state index contributed by atoms with van der Waals surface area (Å²) >= 11 is 0. The van der Waals surface area contributed by atoms with Gasteiger partial charge in [-0.05, 0) is 19.1 Å². The van der Waals surface area contributed by atoms with Crippen LogP contribution in [-0.4, -0.2) is 41.7 Å². The Morgan fingerprint density at radius 2 is 1.03 bits per heavy atom. The number of alkyl halides is 13. The minimum absolute atomic E-state index is 0.445. The van der Waals surface area contributed by atoms with Gasteiger partial charge in [0.05, 0.1) is 0 Å². The number of aryl methyl sites for hydroxylation is 1. The van der Waals surface area contributed by atoms with Crippen molar-refractivity contribution < 1.29 is 61.9 Å². The van der Waals surface area contributed by atoms with Gasteiger partial charge in [-0.15, -0.1) is 0 Å². The second-order valence-corrected chi connectivity index (χ2v) is 5.69.